The van der Waals surface area contributed by atoms with Crippen molar-refractivity contribution in [2.75, 3.05) is 7.11 Å². The van der Waals surface area contributed by atoms with Crippen LogP contribution in [0.15, 0.2) is 50.9 Å². The molecule has 0 saturated heterocycles. The molecule has 0 saturated carbocycles. The number of carbonyl (C=O) groups is 2. The largest absolute Gasteiger partial charge is 0.465 e. The van der Waals surface area contributed by atoms with E-state index in [1.165, 1.54) is 0 Å². The number of nitriles is 2. The molecule has 10 heteroatoms. The molecule has 1 aliphatic carbocycles. The van der Waals surface area contributed by atoms with E-state index in [1.54, 1.807) is 18.2 Å². The van der Waals surface area contributed by atoms with Crippen molar-refractivity contribution in [3.05, 3.63) is 45.8 Å². The molecule has 0 bridgehead atoms. The highest BCUT2D eigenvalue weighted by molar-refractivity contribution is 6.06. The van der Waals surface area contributed by atoms with Gasteiger partial charge in [0, 0.05) is 30.5 Å². The van der Waals surface area contributed by atoms with Gasteiger partial charge >= 0.3 is 5.97 Å². The van der Waals surface area contributed by atoms with Crippen LogP contribution in [0.2, 0.25) is 0 Å². The maximum atomic E-state index is 11.7. The first-order valence-electron chi connectivity index (χ1n) is 7.82. The van der Waals surface area contributed by atoms with Crippen molar-refractivity contribution in [2.24, 2.45) is 16.7 Å². The first-order valence-corrected chi connectivity index (χ1v) is 7.82. The summed E-state index contributed by atoms with van der Waals surface area (Å²) in [6.07, 6.45) is 4.26. The van der Waals surface area contributed by atoms with Crippen LogP contribution in [0, 0.1) is 22.7 Å². The van der Waals surface area contributed by atoms with Crippen LogP contribution in [-0.2, 0) is 14.3 Å². The molecule has 1 amide bonds. The predicted octanol–water partition coefficient (Wildman–Crippen LogP) is -0.341. The van der Waals surface area contributed by atoms with E-state index in [-0.39, 0.29) is 23.6 Å². The van der Waals surface area contributed by atoms with Crippen LogP contribution in [0.3, 0.4) is 0 Å². The number of hydrazine groups is 1. The number of nitrogens with two attached hydrogens (primary N) is 2. The maximum Gasteiger partial charge on any atom is 0.350 e. The van der Waals surface area contributed by atoms with Gasteiger partial charge in [-0.1, -0.05) is 12.2 Å². The molecule has 0 fully saturated rings. The van der Waals surface area contributed by atoms with Gasteiger partial charge in [-0.05, 0) is 5.57 Å². The van der Waals surface area contributed by atoms with Gasteiger partial charge in [0.25, 0.3) is 0 Å². The predicted molar refractivity (Wildman–Crippen MR) is 94.4 cm³/mol. The summed E-state index contributed by atoms with van der Waals surface area (Å²) in [5.74, 6) is 4.51. The topological polar surface area (TPSA) is 179 Å². The van der Waals surface area contributed by atoms with E-state index in [0.717, 1.165) is 7.11 Å². The van der Waals surface area contributed by atoms with Crippen molar-refractivity contribution in [3.63, 3.8) is 0 Å². The smallest absolute Gasteiger partial charge is 0.350 e. The molecule has 10 nitrogen and oxygen atoms in total. The Hall–Kier alpha value is -3.89. The number of amides is 1. The second-order valence-corrected chi connectivity index (χ2v) is 5.54. The summed E-state index contributed by atoms with van der Waals surface area (Å²) < 4.78 is 4.51. The highest BCUT2D eigenvalue weighted by Crippen LogP contribution is 2.28. The number of nitrogens with zero attached hydrogens (tertiary/aromatic N) is 3. The minimum Gasteiger partial charge on any atom is -0.465 e. The van der Waals surface area contributed by atoms with E-state index in [4.69, 9.17) is 16.8 Å². The Bertz CT molecular complexity index is 923. The minimum absolute atomic E-state index is 0.0288. The molecular formula is C17H17N7O3. The zero-order chi connectivity index (χ0) is 20.0. The van der Waals surface area contributed by atoms with Gasteiger partial charge in [-0.15, -0.1) is 0 Å². The van der Waals surface area contributed by atoms with E-state index < -0.39 is 11.5 Å². The van der Waals surface area contributed by atoms with Gasteiger partial charge in [0.15, 0.2) is 5.57 Å². The minimum atomic E-state index is -0.927. The quantitative estimate of drug-likeness (QED) is 0.171. The van der Waals surface area contributed by atoms with Crippen molar-refractivity contribution in [1.82, 2.24) is 10.9 Å². The van der Waals surface area contributed by atoms with Crippen molar-refractivity contribution >= 4 is 17.6 Å². The van der Waals surface area contributed by atoms with Crippen LogP contribution in [-0.4, -0.2) is 24.7 Å². The van der Waals surface area contributed by atoms with Crippen LogP contribution in [0.25, 0.3) is 0 Å². The number of carbonyl (C=O) groups excluding carboxylic acids is 2. The monoisotopic (exact) mass is 367 g/mol. The summed E-state index contributed by atoms with van der Waals surface area (Å²) >= 11 is 0. The molecule has 0 spiro atoms. The Morgan fingerprint density at radius 2 is 2.07 bits per heavy atom. The molecule has 0 radical (unpaired) electrons. The first kappa shape index (κ1) is 19.4. The fraction of sp³-hybridized carbons (Fsp3) is 0.235. The molecule has 0 aromatic rings. The second kappa shape index (κ2) is 8.47. The second-order valence-electron chi connectivity index (χ2n) is 5.54. The number of methoxy groups -OCH3 is 1. The van der Waals surface area contributed by atoms with E-state index in [0.29, 0.717) is 35.4 Å². The SMILES string of the molecule is COC(=O)C(C#N)=C(N)C(C#N)=C1C=CC(C2=NNC(=O)CC2)=C(NN)C1. The number of ether oxygens (including phenoxy) is 1. The number of allylic oxidation sites excluding steroid dienone is 5. The molecular weight excluding hydrogens is 350 g/mol. The van der Waals surface area contributed by atoms with Crippen LogP contribution in [0.4, 0.5) is 0 Å². The Labute approximate surface area is 155 Å². The number of rotatable bonds is 4. The molecule has 0 aromatic carbocycles. The zero-order valence-electron chi connectivity index (χ0n) is 14.5. The normalized spacial score (nSPS) is 19.1. The van der Waals surface area contributed by atoms with Crippen molar-refractivity contribution < 1.29 is 14.3 Å². The number of hydrogen-bond acceptors (Lipinski definition) is 9. The molecule has 6 N–H and O–H groups in total. The summed E-state index contributed by atoms with van der Waals surface area (Å²) in [7, 11) is 1.11. The average Bonchev–Trinajstić information content (AvgIpc) is 2.69. The van der Waals surface area contributed by atoms with Crippen molar-refractivity contribution in [2.45, 2.75) is 19.3 Å². The molecule has 27 heavy (non-hydrogen) atoms. The van der Waals surface area contributed by atoms with E-state index in [1.807, 2.05) is 6.07 Å². The van der Waals surface area contributed by atoms with Crippen LogP contribution < -0.4 is 22.4 Å². The standard InChI is InChI=1S/C17H17N7O3/c1-27-17(26)12(8-19)16(20)11(7-18)9-2-3-10(14(6-9)22-21)13-4-5-15(25)24-23-13/h2-3,22H,4-6,20-21H2,1H3,(H,24,25). The third-order valence-corrected chi connectivity index (χ3v) is 4.01. The Kier molecular flexibility index (Phi) is 6.10. The Morgan fingerprint density at radius 1 is 1.33 bits per heavy atom. The lowest BCUT2D eigenvalue weighted by molar-refractivity contribution is -0.135. The van der Waals surface area contributed by atoms with Gasteiger partial charge in [0.05, 0.1) is 24.1 Å². The molecule has 0 unspecified atom stereocenters. The van der Waals surface area contributed by atoms with E-state index in [9.17, 15) is 14.9 Å². The average molecular weight is 367 g/mol. The summed E-state index contributed by atoms with van der Waals surface area (Å²) in [6, 6.07) is 3.57. The lowest BCUT2D eigenvalue weighted by Crippen LogP contribution is -2.30. The van der Waals surface area contributed by atoms with Gasteiger partial charge in [-0.3, -0.25) is 10.6 Å². The fourth-order valence-corrected chi connectivity index (χ4v) is 2.62. The van der Waals surface area contributed by atoms with E-state index in [2.05, 4.69) is 20.7 Å². The lowest BCUT2D eigenvalue weighted by atomic mass is 9.90. The highest BCUT2D eigenvalue weighted by atomic mass is 16.5. The van der Waals surface area contributed by atoms with Crippen LogP contribution in [0.1, 0.15) is 19.3 Å². The molecule has 0 aromatic heterocycles. The molecule has 138 valence electrons. The molecule has 0 atom stereocenters. The highest BCUT2D eigenvalue weighted by Gasteiger charge is 2.24. The summed E-state index contributed by atoms with van der Waals surface area (Å²) in [6.45, 7) is 0. The number of hydrazone groups is 1. The van der Waals surface area contributed by atoms with E-state index >= 15 is 0 Å². The Balaban J connectivity index is 2.47. The maximum absolute atomic E-state index is 11.7. The molecule has 1 aliphatic heterocycles. The number of nitrogens with one attached hydrogen (secondary N) is 2. The van der Waals surface area contributed by atoms with Gasteiger partial charge in [-0.2, -0.15) is 15.6 Å². The van der Waals surface area contributed by atoms with Gasteiger partial charge < -0.3 is 15.9 Å². The zero-order valence-corrected chi connectivity index (χ0v) is 14.5. The molecule has 2 aliphatic rings. The molecule has 2 rings (SSSR count). The van der Waals surface area contributed by atoms with Gasteiger partial charge in [0.2, 0.25) is 5.91 Å². The van der Waals surface area contributed by atoms with Crippen molar-refractivity contribution in [1.29, 1.82) is 10.5 Å². The Morgan fingerprint density at radius 3 is 2.59 bits per heavy atom. The summed E-state index contributed by atoms with van der Waals surface area (Å²) in [5, 5.41) is 22.7. The number of hydrogen-bond donors (Lipinski definition) is 4. The fourth-order valence-electron chi connectivity index (χ4n) is 2.62. The van der Waals surface area contributed by atoms with Crippen LogP contribution >= 0.6 is 0 Å². The third kappa shape index (κ3) is 4.03. The van der Waals surface area contributed by atoms with Crippen LogP contribution in [0.5, 0.6) is 0 Å². The summed E-state index contributed by atoms with van der Waals surface area (Å²) in [5.41, 5.74) is 12.5. The van der Waals surface area contributed by atoms with Crippen molar-refractivity contribution in [3.8, 4) is 12.1 Å². The number of esters is 1. The summed E-state index contributed by atoms with van der Waals surface area (Å²) in [4.78, 5) is 22.9. The lowest BCUT2D eigenvalue weighted by Gasteiger charge is -2.21. The molecule has 1 heterocycles. The van der Waals surface area contributed by atoms with Gasteiger partial charge in [-0.25, -0.2) is 10.2 Å². The third-order valence-electron chi connectivity index (χ3n) is 4.01. The van der Waals surface area contributed by atoms with Gasteiger partial charge in [0.1, 0.15) is 12.1 Å². The first-order chi connectivity index (χ1) is 13.0.